The minimum Gasteiger partial charge on any atom is -0.497 e. The van der Waals surface area contributed by atoms with Crippen molar-refractivity contribution in [3.63, 3.8) is 0 Å². The van der Waals surface area contributed by atoms with Gasteiger partial charge in [-0.15, -0.1) is 0 Å². The molecule has 0 bridgehead atoms. The second-order valence-corrected chi connectivity index (χ2v) is 5.70. The minimum atomic E-state index is 0.420. The van der Waals surface area contributed by atoms with E-state index in [1.807, 2.05) is 6.26 Å². The van der Waals surface area contributed by atoms with Crippen LogP contribution in [0.3, 0.4) is 0 Å². The number of ether oxygens (including phenoxy) is 1. The van der Waals surface area contributed by atoms with Crippen molar-refractivity contribution in [1.29, 1.82) is 0 Å². The zero-order valence-corrected chi connectivity index (χ0v) is 10.0. The molecule has 90 valence electrons. The van der Waals surface area contributed by atoms with E-state index in [1.165, 1.54) is 45.1 Å². The van der Waals surface area contributed by atoms with Gasteiger partial charge in [-0.05, 0) is 68.9 Å². The second kappa shape index (κ2) is 4.79. The molecule has 2 nitrogen and oxygen atoms in total. The van der Waals surface area contributed by atoms with Crippen molar-refractivity contribution in [2.24, 2.45) is 17.8 Å². The molecule has 2 aliphatic carbocycles. The molecule has 3 aliphatic rings. The van der Waals surface area contributed by atoms with E-state index >= 15 is 0 Å². The van der Waals surface area contributed by atoms with E-state index in [0.717, 1.165) is 24.3 Å². The van der Waals surface area contributed by atoms with E-state index in [4.69, 9.17) is 4.74 Å². The minimum absolute atomic E-state index is 0.420. The van der Waals surface area contributed by atoms with Gasteiger partial charge in [0.15, 0.2) is 0 Å². The number of hydrogen-bond donors (Lipinski definition) is 1. The summed E-state index contributed by atoms with van der Waals surface area (Å²) in [6.07, 6.45) is 12.7. The first kappa shape index (κ1) is 10.6. The van der Waals surface area contributed by atoms with Crippen LogP contribution >= 0.6 is 0 Å². The van der Waals surface area contributed by atoms with Crippen LogP contribution in [0.2, 0.25) is 0 Å². The zero-order valence-electron chi connectivity index (χ0n) is 10.0. The monoisotopic (exact) mass is 221 g/mol. The fraction of sp³-hybridized carbons (Fsp3) is 0.857. The van der Waals surface area contributed by atoms with Crippen molar-refractivity contribution in [1.82, 2.24) is 5.32 Å². The molecule has 1 atom stereocenters. The Morgan fingerprint density at radius 3 is 2.44 bits per heavy atom. The van der Waals surface area contributed by atoms with Gasteiger partial charge in [-0.2, -0.15) is 0 Å². The molecule has 0 spiro atoms. The highest BCUT2D eigenvalue weighted by Crippen LogP contribution is 2.48. The van der Waals surface area contributed by atoms with Crippen LogP contribution in [-0.4, -0.2) is 19.2 Å². The highest BCUT2D eigenvalue weighted by Gasteiger charge is 2.40. The van der Waals surface area contributed by atoms with Gasteiger partial charge in [0.2, 0.25) is 0 Å². The van der Waals surface area contributed by atoms with E-state index in [2.05, 4.69) is 11.4 Å². The van der Waals surface area contributed by atoms with Gasteiger partial charge in [0, 0.05) is 6.54 Å². The molecule has 16 heavy (non-hydrogen) atoms. The summed E-state index contributed by atoms with van der Waals surface area (Å²) in [4.78, 5) is 0. The molecule has 2 saturated carbocycles. The zero-order chi connectivity index (χ0) is 10.8. The van der Waals surface area contributed by atoms with E-state index < -0.39 is 0 Å². The molecule has 1 heterocycles. The Morgan fingerprint density at radius 1 is 1.12 bits per heavy atom. The first-order valence-electron chi connectivity index (χ1n) is 6.94. The molecule has 0 saturated heterocycles. The summed E-state index contributed by atoms with van der Waals surface area (Å²) in [5, 5.41) is 3.64. The predicted octanol–water partition coefficient (Wildman–Crippen LogP) is 2.70. The van der Waals surface area contributed by atoms with Crippen molar-refractivity contribution in [3.8, 4) is 0 Å². The Kier molecular flexibility index (Phi) is 3.18. The predicted molar refractivity (Wildman–Crippen MR) is 65.1 cm³/mol. The van der Waals surface area contributed by atoms with Crippen molar-refractivity contribution in [2.75, 3.05) is 13.1 Å². The number of hydrogen-bond acceptors (Lipinski definition) is 2. The fourth-order valence-corrected chi connectivity index (χ4v) is 2.91. The van der Waals surface area contributed by atoms with Crippen LogP contribution in [0.25, 0.3) is 0 Å². The lowest BCUT2D eigenvalue weighted by Crippen LogP contribution is -2.33. The average molecular weight is 221 g/mol. The Labute approximate surface area is 98.4 Å². The number of nitrogens with one attached hydrogen (secondary N) is 1. The maximum absolute atomic E-state index is 5.57. The SMILES string of the molecule is C1=COC(CNCC(C2CC2)C2CC2)CC1. The normalized spacial score (nSPS) is 29.4. The molecule has 2 fully saturated rings. The van der Waals surface area contributed by atoms with Crippen LogP contribution in [0.15, 0.2) is 12.3 Å². The van der Waals surface area contributed by atoms with Crippen LogP contribution in [0.1, 0.15) is 38.5 Å². The molecule has 0 radical (unpaired) electrons. The maximum Gasteiger partial charge on any atom is 0.110 e. The third kappa shape index (κ3) is 2.79. The first-order valence-corrected chi connectivity index (χ1v) is 6.94. The molecule has 1 N–H and O–H groups in total. The highest BCUT2D eigenvalue weighted by atomic mass is 16.5. The summed E-state index contributed by atoms with van der Waals surface area (Å²) >= 11 is 0. The van der Waals surface area contributed by atoms with Crippen LogP contribution < -0.4 is 5.32 Å². The Hall–Kier alpha value is -0.500. The highest BCUT2D eigenvalue weighted by molar-refractivity contribution is 4.92. The molecule has 1 unspecified atom stereocenters. The Bertz CT molecular complexity index is 243. The van der Waals surface area contributed by atoms with Crippen LogP contribution in [0.5, 0.6) is 0 Å². The summed E-state index contributed by atoms with van der Waals surface area (Å²) in [6.45, 7) is 2.28. The quantitative estimate of drug-likeness (QED) is 0.744. The van der Waals surface area contributed by atoms with Gasteiger partial charge in [0.05, 0.1) is 6.26 Å². The van der Waals surface area contributed by atoms with Crippen molar-refractivity contribution in [3.05, 3.63) is 12.3 Å². The standard InChI is InChI=1S/C14H23NO/c1-2-8-16-13(3-1)9-15-10-14(11-4-5-11)12-6-7-12/h2,8,11-15H,1,3-7,9-10H2. The van der Waals surface area contributed by atoms with E-state index in [-0.39, 0.29) is 0 Å². The summed E-state index contributed by atoms with van der Waals surface area (Å²) in [6, 6.07) is 0. The molecule has 3 rings (SSSR count). The third-order valence-electron chi connectivity index (χ3n) is 4.23. The summed E-state index contributed by atoms with van der Waals surface area (Å²) in [5.41, 5.74) is 0. The lowest BCUT2D eigenvalue weighted by molar-refractivity contribution is 0.120. The first-order chi connectivity index (χ1) is 7.93. The van der Waals surface area contributed by atoms with Gasteiger partial charge in [0.25, 0.3) is 0 Å². The molecule has 2 heteroatoms. The van der Waals surface area contributed by atoms with E-state index in [9.17, 15) is 0 Å². The fourth-order valence-electron chi connectivity index (χ4n) is 2.91. The molecular weight excluding hydrogens is 198 g/mol. The topological polar surface area (TPSA) is 21.3 Å². The van der Waals surface area contributed by atoms with Crippen LogP contribution in [0.4, 0.5) is 0 Å². The van der Waals surface area contributed by atoms with Gasteiger partial charge < -0.3 is 10.1 Å². The van der Waals surface area contributed by atoms with Crippen molar-refractivity contribution in [2.45, 2.75) is 44.6 Å². The third-order valence-corrected chi connectivity index (χ3v) is 4.23. The second-order valence-electron chi connectivity index (χ2n) is 5.70. The smallest absolute Gasteiger partial charge is 0.110 e. The van der Waals surface area contributed by atoms with E-state index in [1.54, 1.807) is 0 Å². The molecular formula is C14H23NO. The summed E-state index contributed by atoms with van der Waals surface area (Å²) in [5.74, 6) is 3.11. The van der Waals surface area contributed by atoms with Gasteiger partial charge in [-0.25, -0.2) is 0 Å². The lowest BCUT2D eigenvalue weighted by atomic mass is 9.98. The van der Waals surface area contributed by atoms with Gasteiger partial charge >= 0.3 is 0 Å². The average Bonchev–Trinajstić information content (AvgIpc) is 3.17. The van der Waals surface area contributed by atoms with Crippen LogP contribution in [0, 0.1) is 17.8 Å². The Balaban J connectivity index is 1.36. The maximum atomic E-state index is 5.57. The largest absolute Gasteiger partial charge is 0.497 e. The number of allylic oxidation sites excluding steroid dienone is 1. The van der Waals surface area contributed by atoms with Gasteiger partial charge in [-0.1, -0.05) is 0 Å². The molecule has 0 amide bonds. The summed E-state index contributed by atoms with van der Waals surface area (Å²) in [7, 11) is 0. The lowest BCUT2D eigenvalue weighted by Gasteiger charge is -2.22. The molecule has 0 aromatic rings. The molecule has 0 aromatic carbocycles. The molecule has 0 aromatic heterocycles. The Morgan fingerprint density at radius 2 is 1.88 bits per heavy atom. The van der Waals surface area contributed by atoms with Crippen molar-refractivity contribution >= 4 is 0 Å². The van der Waals surface area contributed by atoms with Gasteiger partial charge in [-0.3, -0.25) is 0 Å². The van der Waals surface area contributed by atoms with E-state index in [0.29, 0.717) is 6.10 Å². The summed E-state index contributed by atoms with van der Waals surface area (Å²) < 4.78 is 5.57. The molecule has 1 aliphatic heterocycles. The van der Waals surface area contributed by atoms with Crippen LogP contribution in [-0.2, 0) is 4.74 Å². The van der Waals surface area contributed by atoms with Crippen molar-refractivity contribution < 1.29 is 4.74 Å². The number of rotatable bonds is 6. The van der Waals surface area contributed by atoms with Gasteiger partial charge in [0.1, 0.15) is 6.10 Å².